The van der Waals surface area contributed by atoms with E-state index >= 15 is 0 Å². The van der Waals surface area contributed by atoms with Crippen LogP contribution in [0.1, 0.15) is 30.9 Å². The fraction of sp³-hybridized carbons (Fsp3) is 0.565. The van der Waals surface area contributed by atoms with Gasteiger partial charge in [0, 0.05) is 32.8 Å². The molecule has 2 aromatic rings. The number of hydrogen-bond donors (Lipinski definition) is 0. The van der Waals surface area contributed by atoms with Gasteiger partial charge in [0.15, 0.2) is 0 Å². The van der Waals surface area contributed by atoms with Gasteiger partial charge in [0.1, 0.15) is 11.9 Å². The second-order valence-electron chi connectivity index (χ2n) is 8.90. The monoisotopic (exact) mass is 464 g/mol. The smallest absolute Gasteiger partial charge is 0.375 e. The molecule has 7 nitrogen and oxygen atoms in total. The number of nitrogens with zero attached hydrogens (tertiary/aromatic N) is 4. The molecule has 0 radical (unpaired) electrons. The van der Waals surface area contributed by atoms with Crippen LogP contribution in [0.3, 0.4) is 0 Å². The van der Waals surface area contributed by atoms with E-state index in [1.54, 1.807) is 0 Å². The average molecular weight is 464 g/mol. The fourth-order valence-corrected chi connectivity index (χ4v) is 5.13. The minimum absolute atomic E-state index is 0.0283. The van der Waals surface area contributed by atoms with Crippen molar-refractivity contribution in [3.05, 3.63) is 52.3 Å². The summed E-state index contributed by atoms with van der Waals surface area (Å²) in [4.78, 5) is 20.7. The third kappa shape index (κ3) is 4.33. The molecule has 2 unspecified atom stereocenters. The van der Waals surface area contributed by atoms with E-state index in [0.29, 0.717) is 18.9 Å². The second kappa shape index (κ2) is 8.64. The molecule has 4 heterocycles. The number of aromatic nitrogens is 2. The Morgan fingerprint density at radius 3 is 2.48 bits per heavy atom. The molecule has 0 saturated carbocycles. The van der Waals surface area contributed by atoms with Crippen molar-refractivity contribution in [1.29, 1.82) is 0 Å². The van der Waals surface area contributed by atoms with E-state index in [-0.39, 0.29) is 43.2 Å². The number of ether oxygens (including phenoxy) is 2. The van der Waals surface area contributed by atoms with Crippen molar-refractivity contribution in [3.8, 4) is 0 Å². The van der Waals surface area contributed by atoms with Crippen LogP contribution in [-0.4, -0.2) is 60.7 Å². The van der Waals surface area contributed by atoms with Gasteiger partial charge in [-0.15, -0.1) is 0 Å². The van der Waals surface area contributed by atoms with E-state index in [4.69, 9.17) is 9.47 Å². The first-order chi connectivity index (χ1) is 15.8. The van der Waals surface area contributed by atoms with Crippen LogP contribution in [0.25, 0.3) is 0 Å². The van der Waals surface area contributed by atoms with Gasteiger partial charge in [0.2, 0.25) is 5.95 Å². The van der Waals surface area contributed by atoms with Crippen molar-refractivity contribution >= 4 is 11.8 Å². The molecule has 2 bridgehead atoms. The molecule has 33 heavy (non-hydrogen) atoms. The highest BCUT2D eigenvalue weighted by atomic mass is 19.4. The van der Waals surface area contributed by atoms with E-state index in [1.165, 1.54) is 22.6 Å². The summed E-state index contributed by atoms with van der Waals surface area (Å²) in [6.07, 6.45) is -3.27. The highest BCUT2D eigenvalue weighted by Crippen LogP contribution is 2.36. The van der Waals surface area contributed by atoms with Crippen LogP contribution < -0.4 is 15.4 Å². The number of rotatable bonds is 5. The number of hydrogen-bond acceptors (Lipinski definition) is 6. The second-order valence-corrected chi connectivity index (χ2v) is 8.90. The molecule has 3 aliphatic heterocycles. The fourth-order valence-electron chi connectivity index (χ4n) is 5.13. The lowest BCUT2D eigenvalue weighted by atomic mass is 10.1. The van der Waals surface area contributed by atoms with Crippen molar-refractivity contribution < 1.29 is 22.6 Å². The van der Waals surface area contributed by atoms with Gasteiger partial charge in [-0.05, 0) is 24.8 Å². The summed E-state index contributed by atoms with van der Waals surface area (Å²) in [5.41, 5.74) is 0.425. The number of fused-ring (bicyclic) bond motifs is 3. The van der Waals surface area contributed by atoms with Gasteiger partial charge < -0.3 is 19.3 Å². The summed E-state index contributed by atoms with van der Waals surface area (Å²) in [7, 11) is 1.48. The topological polar surface area (TPSA) is 59.8 Å². The number of benzene rings is 1. The molecule has 0 spiro atoms. The first-order valence-corrected chi connectivity index (χ1v) is 11.3. The first-order valence-electron chi connectivity index (χ1n) is 11.3. The summed E-state index contributed by atoms with van der Waals surface area (Å²) >= 11 is 0. The van der Waals surface area contributed by atoms with Gasteiger partial charge >= 0.3 is 6.18 Å². The highest BCUT2D eigenvalue weighted by molar-refractivity contribution is 5.47. The molecule has 0 amide bonds. The lowest BCUT2D eigenvalue weighted by molar-refractivity contribution is -0.153. The van der Waals surface area contributed by atoms with E-state index in [1.807, 2.05) is 35.2 Å². The predicted octanol–water partition coefficient (Wildman–Crippen LogP) is 3.14. The molecule has 0 N–H and O–H groups in total. The van der Waals surface area contributed by atoms with Crippen LogP contribution in [0, 0.1) is 0 Å². The Balaban J connectivity index is 1.53. The zero-order valence-corrected chi connectivity index (χ0v) is 18.4. The number of morpholine rings is 1. The molecular formula is C23H27F3N4O3. The van der Waals surface area contributed by atoms with Crippen molar-refractivity contribution in [2.75, 3.05) is 36.5 Å². The van der Waals surface area contributed by atoms with Gasteiger partial charge in [0.25, 0.3) is 5.56 Å². The minimum atomic E-state index is -4.47. The van der Waals surface area contributed by atoms with E-state index in [0.717, 1.165) is 18.4 Å². The zero-order valence-electron chi connectivity index (χ0n) is 18.4. The zero-order chi connectivity index (χ0) is 23.2. The molecular weight excluding hydrogens is 437 g/mol. The maximum atomic E-state index is 14.1. The summed E-state index contributed by atoms with van der Waals surface area (Å²) in [6.45, 7) is 1.06. The van der Waals surface area contributed by atoms with Crippen LogP contribution >= 0.6 is 0 Å². The molecule has 0 aliphatic carbocycles. The number of anilines is 2. The molecule has 1 aromatic heterocycles. The third-order valence-electron chi connectivity index (χ3n) is 6.80. The maximum absolute atomic E-state index is 14.1. The Morgan fingerprint density at radius 2 is 1.85 bits per heavy atom. The Bertz CT molecular complexity index is 1030. The maximum Gasteiger partial charge on any atom is 0.408 e. The highest BCUT2D eigenvalue weighted by Gasteiger charge is 2.47. The molecule has 3 aliphatic rings. The number of alkyl halides is 3. The van der Waals surface area contributed by atoms with Gasteiger partial charge in [-0.1, -0.05) is 30.3 Å². The summed E-state index contributed by atoms with van der Waals surface area (Å²) in [5.74, 6) is 0.454. The lowest BCUT2D eigenvalue weighted by Gasteiger charge is -2.41. The largest absolute Gasteiger partial charge is 0.408 e. The SMILES string of the molecule is CO[C@@H](CN1c2nc(N3CC4CCC(C3)O4)cc(=O)n2CC[C@H]1C(F)(F)F)c1ccccc1. The molecule has 178 valence electrons. The first kappa shape index (κ1) is 22.2. The standard InChI is InChI=1S/C23H27F3N4O3/c1-32-18(15-5-3-2-4-6-15)14-30-19(23(24,25)26)9-10-29-21(31)11-20(27-22(29)30)28-12-16-7-8-17(13-28)33-16/h2-6,11,16-19H,7-10,12-14H2,1H3/t16?,17?,18-,19-/m0/s1. The number of halogens is 3. The third-order valence-corrected chi connectivity index (χ3v) is 6.80. The van der Waals surface area contributed by atoms with Gasteiger partial charge in [-0.2, -0.15) is 18.2 Å². The molecule has 5 rings (SSSR count). The van der Waals surface area contributed by atoms with Crippen LogP contribution in [0.4, 0.5) is 24.9 Å². The Hall–Kier alpha value is -2.59. The quantitative estimate of drug-likeness (QED) is 0.678. The van der Waals surface area contributed by atoms with Gasteiger partial charge in [0.05, 0.1) is 24.9 Å². The minimum Gasteiger partial charge on any atom is -0.375 e. The Labute approximate surface area is 189 Å². The van der Waals surface area contributed by atoms with Crippen molar-refractivity contribution in [3.63, 3.8) is 0 Å². The van der Waals surface area contributed by atoms with E-state index in [9.17, 15) is 18.0 Å². The van der Waals surface area contributed by atoms with Crippen LogP contribution in [0.5, 0.6) is 0 Å². The lowest BCUT2D eigenvalue weighted by Crippen LogP contribution is -2.54. The summed E-state index contributed by atoms with van der Waals surface area (Å²) in [6, 6.07) is 8.81. The summed E-state index contributed by atoms with van der Waals surface area (Å²) in [5, 5.41) is 0. The van der Waals surface area contributed by atoms with E-state index in [2.05, 4.69) is 4.98 Å². The normalized spacial score (nSPS) is 25.8. The van der Waals surface area contributed by atoms with Gasteiger partial charge in [-0.3, -0.25) is 9.36 Å². The molecule has 1 aromatic carbocycles. The van der Waals surface area contributed by atoms with Gasteiger partial charge in [-0.25, -0.2) is 0 Å². The Kier molecular flexibility index (Phi) is 5.82. The van der Waals surface area contributed by atoms with Crippen molar-refractivity contribution in [2.24, 2.45) is 0 Å². The van der Waals surface area contributed by atoms with Crippen LogP contribution in [0.2, 0.25) is 0 Å². The molecule has 10 heteroatoms. The van der Waals surface area contributed by atoms with Crippen LogP contribution in [0.15, 0.2) is 41.2 Å². The summed E-state index contributed by atoms with van der Waals surface area (Å²) < 4.78 is 55.0. The predicted molar refractivity (Wildman–Crippen MR) is 117 cm³/mol. The van der Waals surface area contributed by atoms with Crippen molar-refractivity contribution in [1.82, 2.24) is 9.55 Å². The average Bonchev–Trinajstić information content (AvgIpc) is 3.14. The number of methoxy groups -OCH3 is 1. The Morgan fingerprint density at radius 1 is 1.15 bits per heavy atom. The van der Waals surface area contributed by atoms with Crippen LogP contribution in [-0.2, 0) is 16.0 Å². The molecule has 4 atom stereocenters. The molecule has 2 fully saturated rings. The molecule has 2 saturated heterocycles. The van der Waals surface area contributed by atoms with Crippen molar-refractivity contribution in [2.45, 2.75) is 56.3 Å². The van der Waals surface area contributed by atoms with E-state index < -0.39 is 18.3 Å².